The minimum atomic E-state index is -0.492. The van der Waals surface area contributed by atoms with E-state index < -0.39 is 11.6 Å². The van der Waals surface area contributed by atoms with Crippen molar-refractivity contribution in [3.63, 3.8) is 0 Å². The van der Waals surface area contributed by atoms with Crippen LogP contribution in [0.3, 0.4) is 0 Å². The second-order valence-corrected chi connectivity index (χ2v) is 5.64. The number of benzene rings is 1. The van der Waals surface area contributed by atoms with Crippen LogP contribution >= 0.6 is 0 Å². The van der Waals surface area contributed by atoms with Gasteiger partial charge in [0.1, 0.15) is 11.6 Å². The van der Waals surface area contributed by atoms with Gasteiger partial charge in [-0.05, 0) is 51.8 Å². The molecule has 0 aliphatic heterocycles. The number of ether oxygens (including phenoxy) is 1. The summed E-state index contributed by atoms with van der Waals surface area (Å²) < 4.78 is 33.2. The first kappa shape index (κ1) is 17.1. The van der Waals surface area contributed by atoms with E-state index in [0.29, 0.717) is 6.42 Å². The SMILES string of the molecule is CCCNC(CCC(C)(C)OC)c1c(F)cccc1F. The molecular formula is C16H25F2NO. The summed E-state index contributed by atoms with van der Waals surface area (Å²) in [5.41, 5.74) is -0.165. The van der Waals surface area contributed by atoms with Crippen molar-refractivity contribution >= 4 is 0 Å². The third-order valence-corrected chi connectivity index (χ3v) is 3.58. The Bertz CT molecular complexity index is 401. The van der Waals surface area contributed by atoms with Crippen molar-refractivity contribution < 1.29 is 13.5 Å². The molecule has 1 aromatic rings. The number of methoxy groups -OCH3 is 1. The smallest absolute Gasteiger partial charge is 0.130 e. The highest BCUT2D eigenvalue weighted by Crippen LogP contribution is 2.28. The van der Waals surface area contributed by atoms with E-state index in [-0.39, 0.29) is 17.2 Å². The molecule has 0 spiro atoms. The van der Waals surface area contributed by atoms with E-state index in [4.69, 9.17) is 4.74 Å². The van der Waals surface area contributed by atoms with Crippen LogP contribution in [0.4, 0.5) is 8.78 Å². The molecule has 0 bridgehead atoms. The molecule has 0 saturated carbocycles. The van der Waals surface area contributed by atoms with Crippen LogP contribution < -0.4 is 5.32 Å². The molecule has 0 aliphatic carbocycles. The molecule has 0 amide bonds. The highest BCUT2D eigenvalue weighted by atomic mass is 19.1. The summed E-state index contributed by atoms with van der Waals surface area (Å²) >= 11 is 0. The molecule has 0 saturated heterocycles. The molecule has 0 radical (unpaired) electrons. The summed E-state index contributed by atoms with van der Waals surface area (Å²) in [6, 6.07) is 3.68. The molecule has 0 fully saturated rings. The van der Waals surface area contributed by atoms with Crippen molar-refractivity contribution in [1.29, 1.82) is 0 Å². The lowest BCUT2D eigenvalue weighted by Gasteiger charge is -2.27. The molecule has 114 valence electrons. The molecule has 20 heavy (non-hydrogen) atoms. The Morgan fingerprint density at radius 3 is 2.35 bits per heavy atom. The molecule has 2 nitrogen and oxygen atoms in total. The van der Waals surface area contributed by atoms with Crippen LogP contribution in [0.1, 0.15) is 51.6 Å². The van der Waals surface area contributed by atoms with Gasteiger partial charge in [-0.2, -0.15) is 0 Å². The van der Waals surface area contributed by atoms with E-state index in [2.05, 4.69) is 5.32 Å². The lowest BCUT2D eigenvalue weighted by molar-refractivity contribution is 0.0115. The van der Waals surface area contributed by atoms with Crippen molar-refractivity contribution in [3.8, 4) is 0 Å². The fraction of sp³-hybridized carbons (Fsp3) is 0.625. The highest BCUT2D eigenvalue weighted by molar-refractivity contribution is 5.23. The van der Waals surface area contributed by atoms with Crippen LogP contribution in [0.15, 0.2) is 18.2 Å². The molecule has 0 heterocycles. The number of hydrogen-bond acceptors (Lipinski definition) is 2. The van der Waals surface area contributed by atoms with Crippen molar-refractivity contribution in [3.05, 3.63) is 35.4 Å². The first-order valence-electron chi connectivity index (χ1n) is 7.13. The second kappa shape index (κ2) is 7.70. The minimum Gasteiger partial charge on any atom is -0.379 e. The Morgan fingerprint density at radius 1 is 1.25 bits per heavy atom. The molecule has 1 N–H and O–H groups in total. The van der Waals surface area contributed by atoms with Crippen molar-refractivity contribution in [2.24, 2.45) is 0 Å². The van der Waals surface area contributed by atoms with Crippen LogP contribution in [0.25, 0.3) is 0 Å². The van der Waals surface area contributed by atoms with Gasteiger partial charge >= 0.3 is 0 Å². The standard InChI is InChI=1S/C16H25F2NO/c1-5-11-19-14(9-10-16(2,3)20-4)15-12(17)7-6-8-13(15)18/h6-8,14,19H,5,9-11H2,1-4H3. The zero-order valence-corrected chi connectivity index (χ0v) is 12.8. The predicted octanol–water partition coefficient (Wildman–Crippen LogP) is 4.21. The monoisotopic (exact) mass is 285 g/mol. The third kappa shape index (κ3) is 4.84. The predicted molar refractivity (Wildman–Crippen MR) is 77.7 cm³/mol. The maximum Gasteiger partial charge on any atom is 0.130 e. The summed E-state index contributed by atoms with van der Waals surface area (Å²) in [5.74, 6) is -0.984. The summed E-state index contributed by atoms with van der Waals surface area (Å²) in [6.07, 6.45) is 2.26. The minimum absolute atomic E-state index is 0.132. The van der Waals surface area contributed by atoms with Crippen LogP contribution in [-0.4, -0.2) is 19.3 Å². The molecule has 0 aliphatic rings. The molecule has 1 rings (SSSR count). The van der Waals surface area contributed by atoms with Gasteiger partial charge in [0, 0.05) is 18.7 Å². The lowest BCUT2D eigenvalue weighted by atomic mass is 9.94. The fourth-order valence-corrected chi connectivity index (χ4v) is 2.10. The zero-order valence-electron chi connectivity index (χ0n) is 12.8. The van der Waals surface area contributed by atoms with Crippen molar-refractivity contribution in [2.75, 3.05) is 13.7 Å². The number of nitrogens with one attached hydrogen (secondary N) is 1. The van der Waals surface area contributed by atoms with E-state index in [0.717, 1.165) is 19.4 Å². The van der Waals surface area contributed by atoms with Crippen LogP contribution in [-0.2, 0) is 4.74 Å². The van der Waals surface area contributed by atoms with Crippen LogP contribution in [0, 0.1) is 11.6 Å². The van der Waals surface area contributed by atoms with Crippen molar-refractivity contribution in [2.45, 2.75) is 51.7 Å². The van der Waals surface area contributed by atoms with Gasteiger partial charge in [0.2, 0.25) is 0 Å². The number of halogens is 2. The van der Waals surface area contributed by atoms with E-state index in [1.54, 1.807) is 7.11 Å². The quantitative estimate of drug-likeness (QED) is 0.772. The first-order valence-corrected chi connectivity index (χ1v) is 7.13. The molecule has 1 aromatic carbocycles. The Kier molecular flexibility index (Phi) is 6.56. The summed E-state index contributed by atoms with van der Waals surface area (Å²) in [4.78, 5) is 0. The summed E-state index contributed by atoms with van der Waals surface area (Å²) in [7, 11) is 1.65. The van der Waals surface area contributed by atoms with Gasteiger partial charge in [0.05, 0.1) is 5.60 Å². The van der Waals surface area contributed by atoms with Gasteiger partial charge in [0.25, 0.3) is 0 Å². The van der Waals surface area contributed by atoms with Gasteiger partial charge in [-0.1, -0.05) is 13.0 Å². The van der Waals surface area contributed by atoms with E-state index in [9.17, 15) is 8.78 Å². The molecular weight excluding hydrogens is 260 g/mol. The van der Waals surface area contributed by atoms with Crippen molar-refractivity contribution in [1.82, 2.24) is 5.32 Å². The molecule has 4 heteroatoms. The zero-order chi connectivity index (χ0) is 15.2. The normalized spacial score (nSPS) is 13.5. The summed E-state index contributed by atoms with van der Waals surface area (Å²) in [6.45, 7) is 6.70. The van der Waals surface area contributed by atoms with Gasteiger partial charge in [-0.25, -0.2) is 8.78 Å². The lowest BCUT2D eigenvalue weighted by Crippen LogP contribution is -2.29. The highest BCUT2D eigenvalue weighted by Gasteiger charge is 2.23. The third-order valence-electron chi connectivity index (χ3n) is 3.58. The Labute approximate surface area is 120 Å². The average molecular weight is 285 g/mol. The van der Waals surface area contributed by atoms with Crippen LogP contribution in [0.5, 0.6) is 0 Å². The average Bonchev–Trinajstić information content (AvgIpc) is 2.40. The van der Waals surface area contributed by atoms with E-state index in [1.165, 1.54) is 18.2 Å². The summed E-state index contributed by atoms with van der Waals surface area (Å²) in [5, 5.41) is 3.23. The molecule has 0 aromatic heterocycles. The largest absolute Gasteiger partial charge is 0.379 e. The van der Waals surface area contributed by atoms with Gasteiger partial charge < -0.3 is 10.1 Å². The Balaban J connectivity index is 2.89. The van der Waals surface area contributed by atoms with Gasteiger partial charge in [-0.3, -0.25) is 0 Å². The van der Waals surface area contributed by atoms with Gasteiger partial charge in [-0.15, -0.1) is 0 Å². The van der Waals surface area contributed by atoms with Crippen LogP contribution in [0.2, 0.25) is 0 Å². The molecule has 1 atom stereocenters. The number of rotatable bonds is 8. The fourth-order valence-electron chi connectivity index (χ4n) is 2.10. The Hall–Kier alpha value is -1.00. The second-order valence-electron chi connectivity index (χ2n) is 5.64. The van der Waals surface area contributed by atoms with E-state index >= 15 is 0 Å². The maximum atomic E-state index is 13.9. The Morgan fingerprint density at radius 2 is 1.85 bits per heavy atom. The number of hydrogen-bond donors (Lipinski definition) is 1. The van der Waals surface area contributed by atoms with E-state index in [1.807, 2.05) is 20.8 Å². The topological polar surface area (TPSA) is 21.3 Å². The first-order chi connectivity index (χ1) is 9.41. The maximum absolute atomic E-state index is 13.9. The molecule has 1 unspecified atom stereocenters. The van der Waals surface area contributed by atoms with Gasteiger partial charge in [0.15, 0.2) is 0 Å².